The van der Waals surface area contributed by atoms with Crippen molar-refractivity contribution in [2.24, 2.45) is 5.92 Å². The first kappa shape index (κ1) is 14.9. The SMILES string of the molecule is COC(=O)/C(C(=N)c1ccc(F)cc1)=C(/O)C(C)C. The minimum Gasteiger partial charge on any atom is -0.511 e. The molecule has 0 atom stereocenters. The van der Waals surface area contributed by atoms with Gasteiger partial charge in [0.2, 0.25) is 0 Å². The molecule has 0 aromatic heterocycles. The molecule has 1 rings (SSSR count). The number of halogens is 1. The van der Waals surface area contributed by atoms with Crippen LogP contribution in [0.3, 0.4) is 0 Å². The summed E-state index contributed by atoms with van der Waals surface area (Å²) in [5, 5.41) is 17.9. The maximum atomic E-state index is 12.8. The standard InChI is InChI=1S/C14H16FNO3/c1-8(2)13(17)11(14(18)19-3)12(16)9-4-6-10(15)7-5-9/h4-8,16-17H,1-3H3/b13-11+,16-12?. The van der Waals surface area contributed by atoms with Crippen molar-refractivity contribution in [2.45, 2.75) is 13.8 Å². The van der Waals surface area contributed by atoms with Gasteiger partial charge in [-0.15, -0.1) is 0 Å². The number of rotatable bonds is 4. The van der Waals surface area contributed by atoms with E-state index in [4.69, 9.17) is 5.41 Å². The highest BCUT2D eigenvalue weighted by Gasteiger charge is 2.23. The van der Waals surface area contributed by atoms with Gasteiger partial charge in [-0.3, -0.25) is 5.41 Å². The molecule has 4 nitrogen and oxygen atoms in total. The van der Waals surface area contributed by atoms with Gasteiger partial charge in [-0.1, -0.05) is 13.8 Å². The molecule has 0 heterocycles. The highest BCUT2D eigenvalue weighted by Crippen LogP contribution is 2.18. The Morgan fingerprint density at radius 3 is 2.26 bits per heavy atom. The van der Waals surface area contributed by atoms with Crippen LogP contribution >= 0.6 is 0 Å². The number of allylic oxidation sites excluding steroid dienone is 1. The van der Waals surface area contributed by atoms with Crippen LogP contribution in [0.4, 0.5) is 4.39 Å². The topological polar surface area (TPSA) is 70.4 Å². The lowest BCUT2D eigenvalue weighted by Crippen LogP contribution is -2.19. The van der Waals surface area contributed by atoms with E-state index in [9.17, 15) is 14.3 Å². The van der Waals surface area contributed by atoms with Crippen molar-refractivity contribution in [3.8, 4) is 0 Å². The summed E-state index contributed by atoms with van der Waals surface area (Å²) in [7, 11) is 1.17. The van der Waals surface area contributed by atoms with Crippen LogP contribution in [-0.4, -0.2) is 23.9 Å². The van der Waals surface area contributed by atoms with Crippen LogP contribution < -0.4 is 0 Å². The van der Waals surface area contributed by atoms with Gasteiger partial charge in [0.15, 0.2) is 0 Å². The first-order valence-corrected chi connectivity index (χ1v) is 5.74. The Balaban J connectivity index is 3.27. The Hall–Kier alpha value is -2.17. The van der Waals surface area contributed by atoms with Crippen molar-refractivity contribution in [1.29, 1.82) is 5.41 Å². The Bertz CT molecular complexity index is 518. The average Bonchev–Trinajstić information content (AvgIpc) is 2.39. The molecule has 5 heteroatoms. The molecule has 19 heavy (non-hydrogen) atoms. The smallest absolute Gasteiger partial charge is 0.343 e. The first-order valence-electron chi connectivity index (χ1n) is 5.74. The molecule has 102 valence electrons. The van der Waals surface area contributed by atoms with E-state index in [0.717, 1.165) is 0 Å². The molecule has 0 radical (unpaired) electrons. The van der Waals surface area contributed by atoms with Crippen LogP contribution in [0.2, 0.25) is 0 Å². The fraction of sp³-hybridized carbons (Fsp3) is 0.286. The summed E-state index contributed by atoms with van der Waals surface area (Å²) in [5.41, 5.74) is -0.0730. The van der Waals surface area contributed by atoms with E-state index in [-0.39, 0.29) is 23.0 Å². The fourth-order valence-corrected chi connectivity index (χ4v) is 1.49. The largest absolute Gasteiger partial charge is 0.511 e. The van der Waals surface area contributed by atoms with Gasteiger partial charge in [0.1, 0.15) is 17.1 Å². The zero-order valence-corrected chi connectivity index (χ0v) is 11.0. The van der Waals surface area contributed by atoms with Gasteiger partial charge in [-0.05, 0) is 24.3 Å². The summed E-state index contributed by atoms with van der Waals surface area (Å²) in [5.74, 6) is -1.77. The molecule has 1 aromatic carbocycles. The zero-order valence-electron chi connectivity index (χ0n) is 11.0. The van der Waals surface area contributed by atoms with Crippen LogP contribution in [0.5, 0.6) is 0 Å². The molecule has 0 fully saturated rings. The van der Waals surface area contributed by atoms with E-state index in [1.165, 1.54) is 31.4 Å². The van der Waals surface area contributed by atoms with Crippen molar-refractivity contribution >= 4 is 11.7 Å². The predicted molar refractivity (Wildman–Crippen MR) is 69.7 cm³/mol. The number of carbonyl (C=O) groups excluding carboxylic acids is 1. The van der Waals surface area contributed by atoms with E-state index in [2.05, 4.69) is 4.74 Å². The molecule has 0 saturated heterocycles. The fourth-order valence-electron chi connectivity index (χ4n) is 1.49. The quantitative estimate of drug-likeness (QED) is 0.380. The number of carbonyl (C=O) groups is 1. The van der Waals surface area contributed by atoms with Crippen molar-refractivity contribution < 1.29 is 19.0 Å². The zero-order chi connectivity index (χ0) is 14.6. The minimum atomic E-state index is -0.791. The second kappa shape index (κ2) is 6.13. The number of hydrogen-bond donors (Lipinski definition) is 2. The van der Waals surface area contributed by atoms with E-state index >= 15 is 0 Å². The molecule has 0 spiro atoms. The van der Waals surface area contributed by atoms with Gasteiger partial charge in [0.05, 0.1) is 12.8 Å². The average molecular weight is 265 g/mol. The highest BCUT2D eigenvalue weighted by molar-refractivity contribution is 6.25. The molecule has 0 saturated carbocycles. The van der Waals surface area contributed by atoms with Crippen LogP contribution in [0.1, 0.15) is 19.4 Å². The Labute approximate surface area is 111 Å². The summed E-state index contributed by atoms with van der Waals surface area (Å²) >= 11 is 0. The number of benzene rings is 1. The first-order chi connectivity index (χ1) is 8.88. The molecule has 0 aliphatic heterocycles. The Kier molecular flexibility index (Phi) is 4.80. The second-order valence-corrected chi connectivity index (χ2v) is 4.29. The molecule has 0 amide bonds. The highest BCUT2D eigenvalue weighted by atomic mass is 19.1. The third-order valence-electron chi connectivity index (χ3n) is 2.58. The Morgan fingerprint density at radius 1 is 1.32 bits per heavy atom. The van der Waals surface area contributed by atoms with E-state index in [0.29, 0.717) is 5.56 Å². The number of ether oxygens (including phenoxy) is 1. The third kappa shape index (κ3) is 3.40. The second-order valence-electron chi connectivity index (χ2n) is 4.29. The lowest BCUT2D eigenvalue weighted by Gasteiger charge is -2.12. The molecule has 0 aliphatic rings. The molecule has 0 aliphatic carbocycles. The molecular weight excluding hydrogens is 249 g/mol. The van der Waals surface area contributed by atoms with Crippen LogP contribution in [0, 0.1) is 17.1 Å². The monoisotopic (exact) mass is 265 g/mol. The lowest BCUT2D eigenvalue weighted by molar-refractivity contribution is -0.135. The molecular formula is C14H16FNO3. The van der Waals surface area contributed by atoms with Crippen molar-refractivity contribution in [3.05, 3.63) is 47.0 Å². The summed E-state index contributed by atoms with van der Waals surface area (Å²) < 4.78 is 17.4. The van der Waals surface area contributed by atoms with Gasteiger partial charge in [-0.2, -0.15) is 0 Å². The van der Waals surface area contributed by atoms with Crippen molar-refractivity contribution in [1.82, 2.24) is 0 Å². The maximum absolute atomic E-state index is 12.8. The van der Waals surface area contributed by atoms with Gasteiger partial charge >= 0.3 is 5.97 Å². The molecule has 1 aromatic rings. The third-order valence-corrected chi connectivity index (χ3v) is 2.58. The van der Waals surface area contributed by atoms with Crippen molar-refractivity contribution in [3.63, 3.8) is 0 Å². The van der Waals surface area contributed by atoms with E-state index in [1.807, 2.05) is 0 Å². The van der Waals surface area contributed by atoms with Crippen LogP contribution in [-0.2, 0) is 9.53 Å². The number of hydrogen-bond acceptors (Lipinski definition) is 4. The van der Waals surface area contributed by atoms with E-state index < -0.39 is 11.8 Å². The van der Waals surface area contributed by atoms with Crippen LogP contribution in [0.25, 0.3) is 0 Å². The normalized spacial score (nSPS) is 12.1. The van der Waals surface area contributed by atoms with Gasteiger partial charge in [0.25, 0.3) is 0 Å². The number of esters is 1. The van der Waals surface area contributed by atoms with E-state index in [1.54, 1.807) is 13.8 Å². The molecule has 0 bridgehead atoms. The predicted octanol–water partition coefficient (Wildman–Crippen LogP) is 2.83. The number of methoxy groups -OCH3 is 1. The summed E-state index contributed by atoms with van der Waals surface area (Å²) in [6.45, 7) is 3.38. The number of nitrogens with one attached hydrogen (secondary N) is 1. The molecule has 0 unspecified atom stereocenters. The Morgan fingerprint density at radius 2 is 1.84 bits per heavy atom. The van der Waals surface area contributed by atoms with Gasteiger partial charge in [0, 0.05) is 11.5 Å². The van der Waals surface area contributed by atoms with Crippen molar-refractivity contribution in [2.75, 3.05) is 7.11 Å². The van der Waals surface area contributed by atoms with Crippen LogP contribution in [0.15, 0.2) is 35.6 Å². The lowest BCUT2D eigenvalue weighted by atomic mass is 9.97. The van der Waals surface area contributed by atoms with Gasteiger partial charge < -0.3 is 9.84 Å². The van der Waals surface area contributed by atoms with Gasteiger partial charge in [-0.25, -0.2) is 9.18 Å². The minimum absolute atomic E-state index is 0.196. The number of aliphatic hydroxyl groups excluding tert-OH is 1. The summed E-state index contributed by atoms with van der Waals surface area (Å²) in [6, 6.07) is 5.11. The summed E-state index contributed by atoms with van der Waals surface area (Å²) in [4.78, 5) is 11.7. The molecule has 2 N–H and O–H groups in total. The maximum Gasteiger partial charge on any atom is 0.343 e. The summed E-state index contributed by atoms with van der Waals surface area (Å²) in [6.07, 6.45) is 0. The number of aliphatic hydroxyl groups is 1.